The normalized spacial score (nSPS) is 11.1. The molecule has 5 heteroatoms. The highest BCUT2D eigenvalue weighted by atomic mass is 35.5. The first-order valence-electron chi connectivity index (χ1n) is 7.28. The van der Waals surface area contributed by atoms with Gasteiger partial charge in [0.15, 0.2) is 11.5 Å². The molecule has 0 atom stereocenters. The minimum atomic E-state index is 0.608. The number of benzene rings is 1. The van der Waals surface area contributed by atoms with Crippen molar-refractivity contribution in [2.45, 2.75) is 33.9 Å². The van der Waals surface area contributed by atoms with Crippen molar-refractivity contribution in [2.24, 2.45) is 5.92 Å². The van der Waals surface area contributed by atoms with Crippen LogP contribution in [-0.4, -0.2) is 16.3 Å². The van der Waals surface area contributed by atoms with E-state index in [1.165, 1.54) is 0 Å². The van der Waals surface area contributed by atoms with Crippen LogP contribution in [0.15, 0.2) is 30.6 Å². The fourth-order valence-corrected chi connectivity index (χ4v) is 2.22. The first-order chi connectivity index (χ1) is 10.1. The van der Waals surface area contributed by atoms with E-state index in [4.69, 9.17) is 16.3 Å². The van der Waals surface area contributed by atoms with E-state index in [0.29, 0.717) is 22.4 Å². The van der Waals surface area contributed by atoms with Gasteiger partial charge in [0.25, 0.3) is 0 Å². The summed E-state index contributed by atoms with van der Waals surface area (Å²) < 4.78 is 7.75. The largest absolute Gasteiger partial charge is 0.452 e. The third kappa shape index (κ3) is 4.48. The summed E-state index contributed by atoms with van der Waals surface area (Å²) in [6, 6.07) is 5.81. The Morgan fingerprint density at radius 2 is 2.19 bits per heavy atom. The number of hydrogen-bond donors (Lipinski definition) is 1. The molecule has 0 aliphatic heterocycles. The summed E-state index contributed by atoms with van der Waals surface area (Å²) in [6.07, 6.45) is 3.58. The minimum absolute atomic E-state index is 0.608. The fourth-order valence-electron chi connectivity index (χ4n) is 1.99. The molecular weight excluding hydrogens is 286 g/mol. The smallest absolute Gasteiger partial charge is 0.165 e. The second kappa shape index (κ2) is 7.48. The quantitative estimate of drug-likeness (QED) is 0.837. The summed E-state index contributed by atoms with van der Waals surface area (Å²) in [5, 5.41) is 8.23. The van der Waals surface area contributed by atoms with Gasteiger partial charge in [0.2, 0.25) is 0 Å². The molecule has 2 rings (SSSR count). The highest BCUT2D eigenvalue weighted by molar-refractivity contribution is 6.32. The van der Waals surface area contributed by atoms with Crippen molar-refractivity contribution < 1.29 is 4.74 Å². The Kier molecular flexibility index (Phi) is 5.65. The van der Waals surface area contributed by atoms with E-state index >= 15 is 0 Å². The maximum absolute atomic E-state index is 6.28. The number of aromatic nitrogens is 2. The molecule has 1 heterocycles. The van der Waals surface area contributed by atoms with Gasteiger partial charge in [-0.1, -0.05) is 37.6 Å². The summed E-state index contributed by atoms with van der Waals surface area (Å²) in [6.45, 7) is 8.90. The summed E-state index contributed by atoms with van der Waals surface area (Å²) in [4.78, 5) is 0. The summed E-state index contributed by atoms with van der Waals surface area (Å²) >= 11 is 6.28. The Labute approximate surface area is 131 Å². The van der Waals surface area contributed by atoms with Crippen LogP contribution in [0.25, 0.3) is 0 Å². The first-order valence-corrected chi connectivity index (χ1v) is 7.66. The Bertz CT molecular complexity index is 581. The van der Waals surface area contributed by atoms with Crippen molar-refractivity contribution >= 4 is 11.6 Å². The van der Waals surface area contributed by atoms with Crippen LogP contribution in [0, 0.1) is 5.92 Å². The number of nitrogens with one attached hydrogen (secondary N) is 1. The standard InChI is InChI=1S/C16H22ClN3O/c1-4-20-11-14(10-19-20)21-16-13(6-5-7-15(16)17)9-18-8-12(2)3/h5-7,10-12,18H,4,8-9H2,1-3H3. The van der Waals surface area contributed by atoms with Gasteiger partial charge in [-0.3, -0.25) is 4.68 Å². The zero-order valence-corrected chi connectivity index (χ0v) is 13.5. The zero-order valence-electron chi connectivity index (χ0n) is 12.8. The molecule has 0 saturated heterocycles. The van der Waals surface area contributed by atoms with Gasteiger partial charge in [-0.2, -0.15) is 5.10 Å². The lowest BCUT2D eigenvalue weighted by Gasteiger charge is -2.13. The van der Waals surface area contributed by atoms with E-state index in [2.05, 4.69) is 24.3 Å². The average Bonchev–Trinajstić information content (AvgIpc) is 2.90. The number of nitrogens with zero attached hydrogens (tertiary/aromatic N) is 2. The Hall–Kier alpha value is -1.52. The van der Waals surface area contributed by atoms with Gasteiger partial charge in [0, 0.05) is 18.7 Å². The number of hydrogen-bond acceptors (Lipinski definition) is 3. The summed E-state index contributed by atoms with van der Waals surface area (Å²) in [5.41, 5.74) is 1.05. The summed E-state index contributed by atoms with van der Waals surface area (Å²) in [5.74, 6) is 2.01. The van der Waals surface area contributed by atoms with Crippen molar-refractivity contribution in [3.63, 3.8) is 0 Å². The maximum atomic E-state index is 6.28. The van der Waals surface area contributed by atoms with Gasteiger partial charge in [0.05, 0.1) is 17.4 Å². The highest BCUT2D eigenvalue weighted by Crippen LogP contribution is 2.32. The van der Waals surface area contributed by atoms with Crippen LogP contribution in [0.1, 0.15) is 26.3 Å². The molecule has 0 fully saturated rings. The predicted octanol–water partition coefficient (Wildman–Crippen LogP) is 4.09. The van der Waals surface area contributed by atoms with Gasteiger partial charge < -0.3 is 10.1 Å². The second-order valence-corrected chi connectivity index (χ2v) is 5.79. The van der Waals surface area contributed by atoms with Gasteiger partial charge in [-0.25, -0.2) is 0 Å². The molecule has 0 spiro atoms. The number of halogens is 1. The Morgan fingerprint density at radius 1 is 1.38 bits per heavy atom. The second-order valence-electron chi connectivity index (χ2n) is 5.39. The Balaban J connectivity index is 2.13. The predicted molar refractivity (Wildman–Crippen MR) is 86.0 cm³/mol. The number of rotatable bonds is 7. The van der Waals surface area contributed by atoms with Crippen LogP contribution < -0.4 is 10.1 Å². The number of ether oxygens (including phenoxy) is 1. The first kappa shape index (κ1) is 15.9. The van der Waals surface area contributed by atoms with Crippen LogP contribution in [0.5, 0.6) is 11.5 Å². The maximum Gasteiger partial charge on any atom is 0.165 e. The van der Waals surface area contributed by atoms with Gasteiger partial charge in [-0.15, -0.1) is 0 Å². The number of para-hydroxylation sites is 1. The van der Waals surface area contributed by atoms with Crippen LogP contribution in [0.4, 0.5) is 0 Å². The molecule has 0 radical (unpaired) electrons. The molecule has 0 aliphatic carbocycles. The molecule has 21 heavy (non-hydrogen) atoms. The topological polar surface area (TPSA) is 39.1 Å². The molecule has 0 amide bonds. The Morgan fingerprint density at radius 3 is 2.86 bits per heavy atom. The van der Waals surface area contributed by atoms with E-state index in [9.17, 15) is 0 Å². The molecule has 0 bridgehead atoms. The third-order valence-electron chi connectivity index (χ3n) is 3.07. The fraction of sp³-hybridized carbons (Fsp3) is 0.438. The molecule has 1 N–H and O–H groups in total. The van der Waals surface area contributed by atoms with Crippen molar-refractivity contribution in [3.05, 3.63) is 41.2 Å². The molecule has 0 aliphatic rings. The number of aryl methyl sites for hydroxylation is 1. The third-order valence-corrected chi connectivity index (χ3v) is 3.37. The molecule has 0 unspecified atom stereocenters. The lowest BCUT2D eigenvalue weighted by Crippen LogP contribution is -2.19. The molecule has 114 valence electrons. The SMILES string of the molecule is CCn1cc(Oc2c(Cl)cccc2CNCC(C)C)cn1. The van der Waals surface area contributed by atoms with Crippen LogP contribution >= 0.6 is 11.6 Å². The molecule has 1 aromatic carbocycles. The zero-order chi connectivity index (χ0) is 15.2. The average molecular weight is 308 g/mol. The lowest BCUT2D eigenvalue weighted by molar-refractivity contribution is 0.468. The lowest BCUT2D eigenvalue weighted by atomic mass is 10.2. The van der Waals surface area contributed by atoms with E-state index < -0.39 is 0 Å². The monoisotopic (exact) mass is 307 g/mol. The molecule has 2 aromatic rings. The van der Waals surface area contributed by atoms with E-state index in [1.807, 2.05) is 36.0 Å². The minimum Gasteiger partial charge on any atom is -0.452 e. The van der Waals surface area contributed by atoms with Crippen molar-refractivity contribution in [2.75, 3.05) is 6.54 Å². The molecule has 1 aromatic heterocycles. The van der Waals surface area contributed by atoms with E-state index in [-0.39, 0.29) is 0 Å². The van der Waals surface area contributed by atoms with Crippen LogP contribution in [-0.2, 0) is 13.1 Å². The van der Waals surface area contributed by atoms with Crippen molar-refractivity contribution in [1.29, 1.82) is 0 Å². The summed E-state index contributed by atoms with van der Waals surface area (Å²) in [7, 11) is 0. The van der Waals surface area contributed by atoms with Gasteiger partial charge in [-0.05, 0) is 25.5 Å². The molecule has 4 nitrogen and oxygen atoms in total. The van der Waals surface area contributed by atoms with Gasteiger partial charge >= 0.3 is 0 Å². The molecule has 0 saturated carbocycles. The van der Waals surface area contributed by atoms with Gasteiger partial charge in [0.1, 0.15) is 0 Å². The molecular formula is C16H22ClN3O. The van der Waals surface area contributed by atoms with E-state index in [0.717, 1.165) is 25.2 Å². The van der Waals surface area contributed by atoms with Crippen LogP contribution in [0.2, 0.25) is 5.02 Å². The van der Waals surface area contributed by atoms with Crippen molar-refractivity contribution in [1.82, 2.24) is 15.1 Å². The van der Waals surface area contributed by atoms with E-state index in [1.54, 1.807) is 6.20 Å². The van der Waals surface area contributed by atoms with Crippen molar-refractivity contribution in [3.8, 4) is 11.5 Å². The van der Waals surface area contributed by atoms with Crippen LogP contribution in [0.3, 0.4) is 0 Å². The highest BCUT2D eigenvalue weighted by Gasteiger charge is 2.11.